The van der Waals surface area contributed by atoms with Crippen molar-refractivity contribution in [1.82, 2.24) is 4.90 Å². The maximum atomic E-state index is 12.7. The Morgan fingerprint density at radius 3 is 2.52 bits per heavy atom. The van der Waals surface area contributed by atoms with E-state index < -0.39 is 47.0 Å². The van der Waals surface area contributed by atoms with Crippen LogP contribution >= 0.6 is 0 Å². The summed E-state index contributed by atoms with van der Waals surface area (Å²) in [6.07, 6.45) is 0.0176. The number of carbonyl (C=O) groups is 3. The fourth-order valence-electron chi connectivity index (χ4n) is 3.53. The minimum absolute atomic E-state index is 0.152. The summed E-state index contributed by atoms with van der Waals surface area (Å²) in [5.41, 5.74) is -2.03. The summed E-state index contributed by atoms with van der Waals surface area (Å²) < 4.78 is 10.3. The number of aliphatic hydroxyl groups is 1. The van der Waals surface area contributed by atoms with Gasteiger partial charge in [-0.1, -0.05) is 0 Å². The summed E-state index contributed by atoms with van der Waals surface area (Å²) in [4.78, 5) is 38.3. The first-order valence-corrected chi connectivity index (χ1v) is 7.94. The van der Waals surface area contributed by atoms with E-state index >= 15 is 0 Å². The van der Waals surface area contributed by atoms with Crippen LogP contribution in [0.25, 0.3) is 0 Å². The Morgan fingerprint density at radius 1 is 1.39 bits per heavy atom. The lowest BCUT2D eigenvalue weighted by molar-refractivity contribution is -0.152. The number of likely N-dealkylation sites (tertiary alicyclic amines) is 1. The standard InChI is InChI=1S/C16H25NO6/c1-6-22-13(19)11-9-7-8-16(5,21)10(9)12(18)17(11)14(20)23-15(2,3)4/h9-11,21H,6-8H2,1-5H3/t9-,10+,11-,16+/m0/s1. The first-order valence-electron chi connectivity index (χ1n) is 7.94. The first kappa shape index (κ1) is 17.7. The Bertz CT molecular complexity index is 521. The van der Waals surface area contributed by atoms with E-state index in [1.54, 1.807) is 34.6 Å². The monoisotopic (exact) mass is 327 g/mol. The molecule has 0 aromatic heterocycles. The van der Waals surface area contributed by atoms with Gasteiger partial charge in [-0.25, -0.2) is 14.5 Å². The van der Waals surface area contributed by atoms with Crippen LogP contribution in [-0.4, -0.2) is 51.8 Å². The van der Waals surface area contributed by atoms with Gasteiger partial charge in [0, 0.05) is 5.92 Å². The van der Waals surface area contributed by atoms with Crippen LogP contribution in [0.5, 0.6) is 0 Å². The van der Waals surface area contributed by atoms with E-state index in [2.05, 4.69) is 0 Å². The van der Waals surface area contributed by atoms with Gasteiger partial charge in [0.05, 0.1) is 18.1 Å². The van der Waals surface area contributed by atoms with E-state index in [0.29, 0.717) is 12.8 Å². The van der Waals surface area contributed by atoms with E-state index in [1.165, 1.54) is 0 Å². The number of esters is 1. The zero-order valence-corrected chi connectivity index (χ0v) is 14.3. The lowest BCUT2D eigenvalue weighted by Gasteiger charge is -2.28. The van der Waals surface area contributed by atoms with Crippen molar-refractivity contribution in [2.75, 3.05) is 6.61 Å². The third-order valence-electron chi connectivity index (χ3n) is 4.39. The van der Waals surface area contributed by atoms with E-state index in [9.17, 15) is 19.5 Å². The fourth-order valence-corrected chi connectivity index (χ4v) is 3.53. The Hall–Kier alpha value is -1.63. The van der Waals surface area contributed by atoms with E-state index in [4.69, 9.17) is 9.47 Å². The lowest BCUT2D eigenvalue weighted by Crippen LogP contribution is -2.48. The quantitative estimate of drug-likeness (QED) is 0.772. The number of hydrogen-bond donors (Lipinski definition) is 1. The molecule has 7 heteroatoms. The van der Waals surface area contributed by atoms with Gasteiger partial charge in [-0.2, -0.15) is 0 Å². The number of rotatable bonds is 2. The molecule has 23 heavy (non-hydrogen) atoms. The summed E-state index contributed by atoms with van der Waals surface area (Å²) >= 11 is 0. The van der Waals surface area contributed by atoms with E-state index in [1.807, 2.05) is 0 Å². The molecule has 0 aromatic rings. The second-order valence-corrected chi connectivity index (χ2v) is 7.42. The molecule has 0 spiro atoms. The maximum absolute atomic E-state index is 12.7. The van der Waals surface area contributed by atoms with Crippen molar-refractivity contribution in [3.63, 3.8) is 0 Å². The topological polar surface area (TPSA) is 93.1 Å². The summed E-state index contributed by atoms with van der Waals surface area (Å²) in [5.74, 6) is -2.42. The number of fused-ring (bicyclic) bond motifs is 1. The van der Waals surface area contributed by atoms with Crippen molar-refractivity contribution in [3.05, 3.63) is 0 Å². The Labute approximate surface area is 135 Å². The first-order chi connectivity index (χ1) is 10.5. The largest absolute Gasteiger partial charge is 0.464 e. The maximum Gasteiger partial charge on any atom is 0.417 e. The molecule has 0 unspecified atom stereocenters. The SMILES string of the molecule is CCOC(=O)[C@@H]1[C@H]2CC[C@@](C)(O)[C@H]2C(=O)N1C(=O)OC(C)(C)C. The van der Waals surface area contributed by atoms with Gasteiger partial charge in [0.1, 0.15) is 11.6 Å². The van der Waals surface area contributed by atoms with Crippen LogP contribution in [-0.2, 0) is 19.1 Å². The molecule has 2 fully saturated rings. The average molecular weight is 327 g/mol. The highest BCUT2D eigenvalue weighted by Crippen LogP contribution is 2.49. The lowest BCUT2D eigenvalue weighted by atomic mass is 9.87. The average Bonchev–Trinajstić information content (AvgIpc) is 2.84. The summed E-state index contributed by atoms with van der Waals surface area (Å²) in [6.45, 7) is 8.43. The van der Waals surface area contributed by atoms with Crippen LogP contribution in [0.4, 0.5) is 4.79 Å². The van der Waals surface area contributed by atoms with E-state index in [0.717, 1.165) is 4.90 Å². The van der Waals surface area contributed by atoms with Crippen LogP contribution in [0.3, 0.4) is 0 Å². The van der Waals surface area contributed by atoms with Crippen molar-refractivity contribution in [2.24, 2.45) is 11.8 Å². The number of carbonyl (C=O) groups excluding carboxylic acids is 3. The molecule has 1 N–H and O–H groups in total. The predicted octanol–water partition coefficient (Wildman–Crippen LogP) is 1.47. The van der Waals surface area contributed by atoms with Crippen molar-refractivity contribution < 1.29 is 29.0 Å². The molecule has 2 amide bonds. The number of imide groups is 1. The summed E-state index contributed by atoms with van der Waals surface area (Å²) in [5, 5.41) is 10.4. The van der Waals surface area contributed by atoms with Gasteiger partial charge in [-0.15, -0.1) is 0 Å². The number of amides is 2. The highest BCUT2D eigenvalue weighted by molar-refractivity contribution is 6.02. The Balaban J connectivity index is 2.36. The molecule has 1 saturated heterocycles. The molecule has 4 atom stereocenters. The Morgan fingerprint density at radius 2 is 2.00 bits per heavy atom. The third kappa shape index (κ3) is 3.20. The van der Waals surface area contributed by atoms with Gasteiger partial charge in [0.25, 0.3) is 0 Å². The van der Waals surface area contributed by atoms with Crippen LogP contribution in [0.15, 0.2) is 0 Å². The zero-order valence-electron chi connectivity index (χ0n) is 14.3. The molecular formula is C16H25NO6. The molecule has 0 radical (unpaired) electrons. The number of ether oxygens (including phenoxy) is 2. The van der Waals surface area contributed by atoms with Gasteiger partial charge in [0.15, 0.2) is 0 Å². The number of nitrogens with zero attached hydrogens (tertiary/aromatic N) is 1. The second-order valence-electron chi connectivity index (χ2n) is 7.42. The van der Waals surface area contributed by atoms with Gasteiger partial charge in [0.2, 0.25) is 5.91 Å². The molecule has 1 heterocycles. The van der Waals surface area contributed by atoms with Crippen molar-refractivity contribution in [3.8, 4) is 0 Å². The molecule has 1 saturated carbocycles. The highest BCUT2D eigenvalue weighted by atomic mass is 16.6. The van der Waals surface area contributed by atoms with Gasteiger partial charge in [-0.05, 0) is 47.5 Å². The van der Waals surface area contributed by atoms with Crippen LogP contribution < -0.4 is 0 Å². The molecule has 7 nitrogen and oxygen atoms in total. The molecule has 0 aromatic carbocycles. The van der Waals surface area contributed by atoms with Gasteiger partial charge >= 0.3 is 12.1 Å². The van der Waals surface area contributed by atoms with Gasteiger partial charge < -0.3 is 14.6 Å². The summed E-state index contributed by atoms with van der Waals surface area (Å²) in [6, 6.07) is -1.03. The molecule has 2 rings (SSSR count). The molecule has 130 valence electrons. The van der Waals surface area contributed by atoms with Gasteiger partial charge in [-0.3, -0.25) is 4.79 Å². The minimum Gasteiger partial charge on any atom is -0.464 e. The number of hydrogen-bond acceptors (Lipinski definition) is 6. The predicted molar refractivity (Wildman–Crippen MR) is 80.3 cm³/mol. The molecular weight excluding hydrogens is 302 g/mol. The van der Waals surface area contributed by atoms with Crippen LogP contribution in [0, 0.1) is 11.8 Å². The highest BCUT2D eigenvalue weighted by Gasteiger charge is 2.63. The third-order valence-corrected chi connectivity index (χ3v) is 4.39. The van der Waals surface area contributed by atoms with Crippen molar-refractivity contribution >= 4 is 18.0 Å². The van der Waals surface area contributed by atoms with Crippen LogP contribution in [0.1, 0.15) is 47.5 Å². The van der Waals surface area contributed by atoms with E-state index in [-0.39, 0.29) is 6.61 Å². The molecule has 2 aliphatic rings. The van der Waals surface area contributed by atoms with Crippen molar-refractivity contribution in [2.45, 2.75) is 64.7 Å². The second kappa shape index (κ2) is 5.78. The molecule has 0 bridgehead atoms. The molecule has 1 aliphatic carbocycles. The van der Waals surface area contributed by atoms with Crippen LogP contribution in [0.2, 0.25) is 0 Å². The fraction of sp³-hybridized carbons (Fsp3) is 0.812. The normalized spacial score (nSPS) is 33.6. The summed E-state index contributed by atoms with van der Waals surface area (Å²) in [7, 11) is 0. The van der Waals surface area contributed by atoms with Crippen molar-refractivity contribution in [1.29, 1.82) is 0 Å². The molecule has 1 aliphatic heterocycles. The Kier molecular flexibility index (Phi) is 4.45. The minimum atomic E-state index is -1.23. The smallest absolute Gasteiger partial charge is 0.417 e. The zero-order chi connectivity index (χ0) is 17.6.